The molecule has 1 aliphatic rings. The lowest BCUT2D eigenvalue weighted by atomic mass is 10.2. The van der Waals surface area contributed by atoms with E-state index in [0.29, 0.717) is 18.8 Å². The normalized spacial score (nSPS) is 20.8. The van der Waals surface area contributed by atoms with Gasteiger partial charge in [-0.3, -0.25) is 4.90 Å². The molecule has 1 aliphatic heterocycles. The first-order valence-corrected chi connectivity index (χ1v) is 9.50. The first-order chi connectivity index (χ1) is 12.5. The fourth-order valence-electron chi connectivity index (χ4n) is 3.27. The Kier molecular flexibility index (Phi) is 8.42. The fraction of sp³-hybridized carbons (Fsp3) is 0.619. The standard InChI is InChI=1S/C21H34N2O3/c1-16(2)15-25-21-11-19(7-8-20(21)24-5)12-22-9-6-10-23-13-17(3)26-18(4)14-23/h7-8,11,17-18,22H,1,6,9-10,12-15H2,2-5H3. The van der Waals surface area contributed by atoms with Crippen LogP contribution in [0.3, 0.4) is 0 Å². The highest BCUT2D eigenvalue weighted by atomic mass is 16.5. The summed E-state index contributed by atoms with van der Waals surface area (Å²) < 4.78 is 16.9. The Labute approximate surface area is 158 Å². The minimum absolute atomic E-state index is 0.337. The van der Waals surface area contributed by atoms with E-state index < -0.39 is 0 Å². The van der Waals surface area contributed by atoms with Gasteiger partial charge in [0.05, 0.1) is 19.3 Å². The summed E-state index contributed by atoms with van der Waals surface area (Å²) in [6.45, 7) is 15.6. The summed E-state index contributed by atoms with van der Waals surface area (Å²) >= 11 is 0. The van der Waals surface area contributed by atoms with Gasteiger partial charge in [0.15, 0.2) is 11.5 Å². The third kappa shape index (κ3) is 6.98. The van der Waals surface area contributed by atoms with Crippen molar-refractivity contribution in [3.05, 3.63) is 35.9 Å². The van der Waals surface area contributed by atoms with Gasteiger partial charge < -0.3 is 19.5 Å². The van der Waals surface area contributed by atoms with Gasteiger partial charge in [-0.2, -0.15) is 0 Å². The van der Waals surface area contributed by atoms with Crippen LogP contribution >= 0.6 is 0 Å². The molecule has 26 heavy (non-hydrogen) atoms. The van der Waals surface area contributed by atoms with Crippen molar-refractivity contribution in [2.24, 2.45) is 0 Å². The highest BCUT2D eigenvalue weighted by Crippen LogP contribution is 2.28. The quantitative estimate of drug-likeness (QED) is 0.511. The Morgan fingerprint density at radius 1 is 1.27 bits per heavy atom. The number of methoxy groups -OCH3 is 1. The lowest BCUT2D eigenvalue weighted by Crippen LogP contribution is -2.46. The molecule has 0 bridgehead atoms. The molecule has 1 aromatic rings. The van der Waals surface area contributed by atoms with Crippen molar-refractivity contribution in [2.45, 2.75) is 45.9 Å². The van der Waals surface area contributed by atoms with Crippen LogP contribution in [0.2, 0.25) is 0 Å². The third-order valence-electron chi connectivity index (χ3n) is 4.35. The van der Waals surface area contributed by atoms with Gasteiger partial charge in [0.1, 0.15) is 6.61 Å². The second-order valence-corrected chi connectivity index (χ2v) is 7.28. The second kappa shape index (κ2) is 10.6. The van der Waals surface area contributed by atoms with E-state index in [0.717, 1.165) is 56.2 Å². The van der Waals surface area contributed by atoms with E-state index in [9.17, 15) is 0 Å². The number of nitrogens with one attached hydrogen (secondary N) is 1. The van der Waals surface area contributed by atoms with Crippen LogP contribution in [-0.2, 0) is 11.3 Å². The number of morpholine rings is 1. The van der Waals surface area contributed by atoms with E-state index in [1.54, 1.807) is 7.11 Å². The summed E-state index contributed by atoms with van der Waals surface area (Å²) in [7, 11) is 1.66. The van der Waals surface area contributed by atoms with E-state index in [2.05, 4.69) is 36.7 Å². The van der Waals surface area contributed by atoms with Crippen molar-refractivity contribution < 1.29 is 14.2 Å². The molecule has 2 atom stereocenters. The molecule has 2 rings (SSSR count). The van der Waals surface area contributed by atoms with Crippen LogP contribution in [0.5, 0.6) is 11.5 Å². The summed E-state index contributed by atoms with van der Waals surface area (Å²) in [5.41, 5.74) is 2.18. The number of nitrogens with zero attached hydrogens (tertiary/aromatic N) is 1. The van der Waals surface area contributed by atoms with Crippen molar-refractivity contribution in [3.8, 4) is 11.5 Å². The van der Waals surface area contributed by atoms with Crippen LogP contribution in [0.4, 0.5) is 0 Å². The topological polar surface area (TPSA) is 43.0 Å². The van der Waals surface area contributed by atoms with Gasteiger partial charge in [-0.25, -0.2) is 0 Å². The molecule has 146 valence electrons. The Morgan fingerprint density at radius 2 is 2.00 bits per heavy atom. The van der Waals surface area contributed by atoms with E-state index in [4.69, 9.17) is 14.2 Å². The summed E-state index contributed by atoms with van der Waals surface area (Å²) in [4.78, 5) is 2.50. The van der Waals surface area contributed by atoms with Crippen molar-refractivity contribution >= 4 is 0 Å². The van der Waals surface area contributed by atoms with Crippen LogP contribution in [0.1, 0.15) is 32.8 Å². The Bertz CT molecular complexity index is 566. The summed E-state index contributed by atoms with van der Waals surface area (Å²) in [5, 5.41) is 3.52. The lowest BCUT2D eigenvalue weighted by molar-refractivity contribution is -0.0680. The van der Waals surface area contributed by atoms with E-state index in [1.807, 2.05) is 19.1 Å². The zero-order valence-electron chi connectivity index (χ0n) is 16.7. The zero-order chi connectivity index (χ0) is 18.9. The molecule has 0 aromatic heterocycles. The van der Waals surface area contributed by atoms with Crippen molar-refractivity contribution in [3.63, 3.8) is 0 Å². The Morgan fingerprint density at radius 3 is 2.65 bits per heavy atom. The highest BCUT2D eigenvalue weighted by Gasteiger charge is 2.21. The predicted molar refractivity (Wildman–Crippen MR) is 106 cm³/mol. The SMILES string of the molecule is C=C(C)COc1cc(CNCCCN2CC(C)OC(C)C2)ccc1OC. The molecule has 2 unspecified atom stereocenters. The van der Waals surface area contributed by atoms with Crippen LogP contribution in [0.15, 0.2) is 30.4 Å². The van der Waals surface area contributed by atoms with E-state index >= 15 is 0 Å². The molecule has 1 aromatic carbocycles. The molecule has 1 N–H and O–H groups in total. The van der Waals surface area contributed by atoms with Gasteiger partial charge in [-0.05, 0) is 63.6 Å². The number of benzene rings is 1. The van der Waals surface area contributed by atoms with Crippen LogP contribution in [-0.4, -0.2) is 57.0 Å². The number of hydrogen-bond acceptors (Lipinski definition) is 5. The monoisotopic (exact) mass is 362 g/mol. The molecule has 0 amide bonds. The maximum absolute atomic E-state index is 5.79. The molecule has 5 nitrogen and oxygen atoms in total. The smallest absolute Gasteiger partial charge is 0.161 e. The van der Waals surface area contributed by atoms with Gasteiger partial charge >= 0.3 is 0 Å². The number of hydrogen-bond donors (Lipinski definition) is 1. The van der Waals surface area contributed by atoms with Gasteiger partial charge in [-0.1, -0.05) is 12.6 Å². The summed E-state index contributed by atoms with van der Waals surface area (Å²) in [6.07, 6.45) is 1.81. The van der Waals surface area contributed by atoms with Gasteiger partial charge in [0.2, 0.25) is 0 Å². The van der Waals surface area contributed by atoms with Crippen LogP contribution in [0, 0.1) is 0 Å². The van der Waals surface area contributed by atoms with Crippen molar-refractivity contribution in [1.82, 2.24) is 10.2 Å². The average Bonchev–Trinajstić information content (AvgIpc) is 2.59. The minimum atomic E-state index is 0.337. The maximum Gasteiger partial charge on any atom is 0.161 e. The lowest BCUT2D eigenvalue weighted by Gasteiger charge is -2.35. The third-order valence-corrected chi connectivity index (χ3v) is 4.35. The molecule has 1 fully saturated rings. The minimum Gasteiger partial charge on any atom is -0.493 e. The van der Waals surface area contributed by atoms with E-state index in [-0.39, 0.29) is 0 Å². The number of rotatable bonds is 10. The highest BCUT2D eigenvalue weighted by molar-refractivity contribution is 5.43. The molecule has 0 spiro atoms. The molecular formula is C21H34N2O3. The van der Waals surface area contributed by atoms with Crippen LogP contribution in [0.25, 0.3) is 0 Å². The molecule has 0 radical (unpaired) electrons. The molecule has 5 heteroatoms. The van der Waals surface area contributed by atoms with Gasteiger partial charge in [0, 0.05) is 19.6 Å². The van der Waals surface area contributed by atoms with Gasteiger partial charge in [-0.15, -0.1) is 0 Å². The first-order valence-electron chi connectivity index (χ1n) is 9.50. The summed E-state index contributed by atoms with van der Waals surface area (Å²) in [5.74, 6) is 1.52. The maximum atomic E-state index is 5.79. The molecule has 0 aliphatic carbocycles. The van der Waals surface area contributed by atoms with Crippen molar-refractivity contribution in [2.75, 3.05) is 39.9 Å². The molecule has 1 heterocycles. The number of ether oxygens (including phenoxy) is 3. The summed E-state index contributed by atoms with van der Waals surface area (Å²) in [6, 6.07) is 6.08. The Hall–Kier alpha value is -1.56. The fourth-order valence-corrected chi connectivity index (χ4v) is 3.27. The average molecular weight is 363 g/mol. The first kappa shape index (κ1) is 20.7. The predicted octanol–water partition coefficient (Wildman–Crippen LogP) is 3.24. The zero-order valence-corrected chi connectivity index (χ0v) is 16.7. The molecule has 0 saturated carbocycles. The Balaban J connectivity index is 1.73. The van der Waals surface area contributed by atoms with Crippen molar-refractivity contribution in [1.29, 1.82) is 0 Å². The molecule has 1 saturated heterocycles. The van der Waals surface area contributed by atoms with Gasteiger partial charge in [0.25, 0.3) is 0 Å². The molecular weight excluding hydrogens is 328 g/mol. The van der Waals surface area contributed by atoms with Crippen LogP contribution < -0.4 is 14.8 Å². The van der Waals surface area contributed by atoms with E-state index in [1.165, 1.54) is 5.56 Å². The largest absolute Gasteiger partial charge is 0.493 e. The second-order valence-electron chi connectivity index (χ2n) is 7.28.